The first kappa shape index (κ1) is 22.7. The predicted molar refractivity (Wildman–Crippen MR) is 134 cm³/mol. The van der Waals surface area contributed by atoms with E-state index in [-0.39, 0.29) is 10.8 Å². The lowest BCUT2D eigenvalue weighted by Crippen LogP contribution is -2.59. The average molecular weight is 499 g/mol. The quantitative estimate of drug-likeness (QED) is 0.430. The zero-order chi connectivity index (χ0) is 23.8. The molecule has 5 aliphatic rings. The largest absolute Gasteiger partial charge is 0.527 e. The summed E-state index contributed by atoms with van der Waals surface area (Å²) in [6, 6.07) is 13.6. The van der Waals surface area contributed by atoms with E-state index >= 15 is 0 Å². The topological polar surface area (TPSA) is 65.0 Å². The van der Waals surface area contributed by atoms with Crippen molar-refractivity contribution < 1.29 is 23.2 Å². The number of fused-ring (bicyclic) bond motifs is 2. The van der Waals surface area contributed by atoms with Gasteiger partial charge in [0, 0.05) is 10.5 Å². The van der Waals surface area contributed by atoms with Crippen molar-refractivity contribution in [3.63, 3.8) is 0 Å². The molecule has 34 heavy (non-hydrogen) atoms. The standard InChI is InChI=1S/C27H31O5PS/c1-25-12-18-13-26(2,15-25)17-27(14-18,16-25)32-33(28,29)31-22-11-19-7-4-5-10-23(19)34-24-20(22)8-6-9-21(24)30-3/h4-11,18H,12-17H2,1-3H3,(H,28,29). The van der Waals surface area contributed by atoms with Crippen LogP contribution in [0.4, 0.5) is 0 Å². The molecule has 1 aliphatic heterocycles. The Kier molecular flexibility index (Phi) is 5.10. The molecule has 1 heterocycles. The Balaban J connectivity index is 1.36. The van der Waals surface area contributed by atoms with Crippen LogP contribution < -0.4 is 4.74 Å². The number of hydrogen-bond acceptors (Lipinski definition) is 5. The second kappa shape index (κ2) is 7.64. The van der Waals surface area contributed by atoms with Crippen LogP contribution in [0.2, 0.25) is 0 Å². The van der Waals surface area contributed by atoms with Crippen LogP contribution in [0.15, 0.2) is 52.3 Å². The second-order valence-electron chi connectivity index (χ2n) is 11.4. The highest BCUT2D eigenvalue weighted by Gasteiger charge is 2.62. The molecule has 2 aromatic carbocycles. The SMILES string of the molecule is COc1cccc2c1Sc1ccccc1C=C2OP(=O)(O)OC12CC3CC(C)(CC(C)(C3)C1)C2. The van der Waals surface area contributed by atoms with E-state index in [4.69, 9.17) is 13.8 Å². The van der Waals surface area contributed by atoms with Gasteiger partial charge in [-0.3, -0.25) is 9.42 Å². The molecule has 7 heteroatoms. The Morgan fingerprint density at radius 1 is 1.00 bits per heavy atom. The molecule has 2 aromatic rings. The first-order valence-corrected chi connectivity index (χ1v) is 14.3. The van der Waals surface area contributed by atoms with Crippen molar-refractivity contribution in [1.29, 1.82) is 0 Å². The van der Waals surface area contributed by atoms with Crippen LogP contribution in [0, 0.1) is 16.7 Å². The highest BCUT2D eigenvalue weighted by Crippen LogP contribution is 2.70. The molecule has 3 atom stereocenters. The van der Waals surface area contributed by atoms with Crippen LogP contribution in [-0.4, -0.2) is 17.6 Å². The molecular formula is C27H31O5PS. The molecule has 3 unspecified atom stereocenters. The summed E-state index contributed by atoms with van der Waals surface area (Å²) in [4.78, 5) is 13.0. The lowest BCUT2D eigenvalue weighted by Gasteiger charge is -2.64. The smallest absolute Gasteiger partial charge is 0.496 e. The molecule has 0 aromatic heterocycles. The minimum atomic E-state index is -4.40. The van der Waals surface area contributed by atoms with E-state index in [2.05, 4.69) is 13.8 Å². The van der Waals surface area contributed by atoms with E-state index in [1.807, 2.05) is 48.5 Å². The van der Waals surface area contributed by atoms with Gasteiger partial charge >= 0.3 is 7.82 Å². The zero-order valence-electron chi connectivity index (χ0n) is 19.9. The summed E-state index contributed by atoms with van der Waals surface area (Å²) in [6.45, 7) is 4.64. The number of rotatable bonds is 5. The van der Waals surface area contributed by atoms with Gasteiger partial charge < -0.3 is 9.26 Å². The summed E-state index contributed by atoms with van der Waals surface area (Å²) < 4.78 is 31.3. The van der Waals surface area contributed by atoms with Crippen molar-refractivity contribution in [1.82, 2.24) is 0 Å². The van der Waals surface area contributed by atoms with Gasteiger partial charge in [-0.15, -0.1) is 0 Å². The monoisotopic (exact) mass is 498 g/mol. The fourth-order valence-electron chi connectivity index (χ4n) is 7.91. The van der Waals surface area contributed by atoms with Crippen molar-refractivity contribution >= 4 is 31.4 Å². The van der Waals surface area contributed by atoms with Crippen LogP contribution in [0.3, 0.4) is 0 Å². The molecule has 180 valence electrons. The molecule has 4 aliphatic carbocycles. The van der Waals surface area contributed by atoms with Gasteiger partial charge in [0.25, 0.3) is 0 Å². The first-order chi connectivity index (χ1) is 16.1. The summed E-state index contributed by atoms with van der Waals surface area (Å²) >= 11 is 1.57. The van der Waals surface area contributed by atoms with Gasteiger partial charge in [0.2, 0.25) is 0 Å². The van der Waals surface area contributed by atoms with Crippen LogP contribution >= 0.6 is 19.6 Å². The predicted octanol–water partition coefficient (Wildman–Crippen LogP) is 7.54. The number of phosphoric ester groups is 1. The molecule has 0 radical (unpaired) electrons. The van der Waals surface area contributed by atoms with Crippen molar-refractivity contribution in [2.75, 3.05) is 7.11 Å². The van der Waals surface area contributed by atoms with Gasteiger partial charge in [0.1, 0.15) is 11.5 Å². The summed E-state index contributed by atoms with van der Waals surface area (Å²) in [5.41, 5.74) is 1.40. The van der Waals surface area contributed by atoms with Gasteiger partial charge in [0.15, 0.2) is 0 Å². The van der Waals surface area contributed by atoms with Gasteiger partial charge in [-0.25, -0.2) is 4.57 Å². The van der Waals surface area contributed by atoms with E-state index in [1.165, 1.54) is 19.3 Å². The Bertz CT molecular complexity index is 1220. The molecule has 4 saturated carbocycles. The van der Waals surface area contributed by atoms with Gasteiger partial charge in [-0.05, 0) is 85.1 Å². The average Bonchev–Trinajstić information content (AvgIpc) is 2.86. The minimum absolute atomic E-state index is 0.172. The highest BCUT2D eigenvalue weighted by molar-refractivity contribution is 7.99. The lowest BCUT2D eigenvalue weighted by molar-refractivity contribution is -0.182. The number of hydrogen-bond donors (Lipinski definition) is 1. The molecular weight excluding hydrogens is 467 g/mol. The summed E-state index contributed by atoms with van der Waals surface area (Å²) in [7, 11) is -2.77. The maximum atomic E-state index is 13.6. The molecule has 1 N–H and O–H groups in total. The van der Waals surface area contributed by atoms with Crippen molar-refractivity contribution in [2.24, 2.45) is 16.7 Å². The molecule has 4 bridgehead atoms. The minimum Gasteiger partial charge on any atom is -0.496 e. The Morgan fingerprint density at radius 3 is 2.44 bits per heavy atom. The van der Waals surface area contributed by atoms with Crippen LogP contribution in [0.1, 0.15) is 63.5 Å². The van der Waals surface area contributed by atoms with Gasteiger partial charge in [0.05, 0.1) is 17.6 Å². The van der Waals surface area contributed by atoms with Crippen molar-refractivity contribution in [3.8, 4) is 5.75 Å². The Labute approximate surface area is 205 Å². The van der Waals surface area contributed by atoms with E-state index in [0.29, 0.717) is 17.4 Å². The normalized spacial score (nSPS) is 34.9. The lowest BCUT2D eigenvalue weighted by atomic mass is 9.44. The highest BCUT2D eigenvalue weighted by atomic mass is 32.2. The third kappa shape index (κ3) is 3.93. The summed E-state index contributed by atoms with van der Waals surface area (Å²) in [5.74, 6) is 1.58. The van der Waals surface area contributed by atoms with Crippen LogP contribution in [0.5, 0.6) is 5.75 Å². The Hall–Kier alpha value is -1.72. The van der Waals surface area contributed by atoms with Gasteiger partial charge in [-0.1, -0.05) is 49.9 Å². The summed E-state index contributed by atoms with van der Waals surface area (Å²) in [6.07, 6.45) is 7.87. The van der Waals surface area contributed by atoms with Crippen LogP contribution in [0.25, 0.3) is 11.8 Å². The molecule has 0 spiro atoms. The van der Waals surface area contributed by atoms with E-state index in [1.54, 1.807) is 18.9 Å². The number of benzene rings is 2. The third-order valence-electron chi connectivity index (χ3n) is 7.98. The number of methoxy groups -OCH3 is 1. The van der Waals surface area contributed by atoms with Crippen LogP contribution in [-0.2, 0) is 13.6 Å². The molecule has 4 fully saturated rings. The first-order valence-electron chi connectivity index (χ1n) is 12.0. The maximum absolute atomic E-state index is 13.6. The van der Waals surface area contributed by atoms with Gasteiger partial charge in [-0.2, -0.15) is 0 Å². The Morgan fingerprint density at radius 2 is 1.74 bits per heavy atom. The number of phosphoric acid groups is 1. The van der Waals surface area contributed by atoms with E-state index in [0.717, 1.165) is 40.2 Å². The number of ether oxygens (including phenoxy) is 1. The van der Waals surface area contributed by atoms with Crippen molar-refractivity contribution in [2.45, 2.75) is 67.8 Å². The molecule has 0 saturated heterocycles. The molecule has 0 amide bonds. The fourth-order valence-corrected chi connectivity index (χ4v) is 10.2. The zero-order valence-corrected chi connectivity index (χ0v) is 21.6. The maximum Gasteiger partial charge on any atom is 0.527 e. The third-order valence-corrected chi connectivity index (χ3v) is 10.2. The van der Waals surface area contributed by atoms with Crippen molar-refractivity contribution in [3.05, 3.63) is 53.6 Å². The fraction of sp³-hybridized carbons (Fsp3) is 0.481. The summed E-state index contributed by atoms with van der Waals surface area (Å²) in [5, 5.41) is 0. The van der Waals surface area contributed by atoms with E-state index < -0.39 is 13.4 Å². The van der Waals surface area contributed by atoms with E-state index in [9.17, 15) is 9.46 Å². The molecule has 5 nitrogen and oxygen atoms in total. The molecule has 7 rings (SSSR count). The second-order valence-corrected chi connectivity index (χ2v) is 13.8.